The van der Waals surface area contributed by atoms with Crippen molar-refractivity contribution in [1.29, 1.82) is 0 Å². The number of hydrogen-bond donors (Lipinski definition) is 1. The van der Waals surface area contributed by atoms with E-state index in [9.17, 15) is 5.11 Å². The number of halogens is 1. The number of hydrogen-bond acceptors (Lipinski definition) is 4. The van der Waals surface area contributed by atoms with E-state index >= 15 is 0 Å². The summed E-state index contributed by atoms with van der Waals surface area (Å²) in [6, 6.07) is 7.61. The summed E-state index contributed by atoms with van der Waals surface area (Å²) in [5.41, 5.74) is 3.47. The Morgan fingerprint density at radius 3 is 2.83 bits per heavy atom. The number of ether oxygens (including phenoxy) is 1. The van der Waals surface area contributed by atoms with Gasteiger partial charge in [-0.25, -0.2) is 4.98 Å². The van der Waals surface area contributed by atoms with Crippen molar-refractivity contribution in [1.82, 2.24) is 14.5 Å². The number of aliphatic hydroxyl groups excluding tert-OH is 1. The van der Waals surface area contributed by atoms with E-state index in [1.54, 1.807) is 0 Å². The van der Waals surface area contributed by atoms with E-state index in [-0.39, 0.29) is 6.10 Å². The molecule has 6 heteroatoms. The van der Waals surface area contributed by atoms with Crippen molar-refractivity contribution in [3.63, 3.8) is 0 Å². The summed E-state index contributed by atoms with van der Waals surface area (Å²) in [5, 5.41) is 11.0. The monoisotopic (exact) mass is 349 g/mol. The van der Waals surface area contributed by atoms with Crippen LogP contribution in [0.5, 0.6) is 0 Å². The standard InChI is InChI=1S/C18H24ClN3O2/c1-13(14-3-5-15(19)6-4-14)24-11-16(23)9-22-8-7-18-17(10-22)20-12-21(18)2/h3-6,12-13,16,23H,7-11H2,1-2H3/t13-,16+/m1/s1. The van der Waals surface area contributed by atoms with Gasteiger partial charge < -0.3 is 14.4 Å². The maximum Gasteiger partial charge on any atom is 0.0949 e. The quantitative estimate of drug-likeness (QED) is 0.870. The van der Waals surface area contributed by atoms with Gasteiger partial charge in [0, 0.05) is 43.8 Å². The molecule has 130 valence electrons. The molecule has 5 nitrogen and oxygen atoms in total. The minimum Gasteiger partial charge on any atom is -0.389 e. The average Bonchev–Trinajstić information content (AvgIpc) is 2.94. The van der Waals surface area contributed by atoms with Gasteiger partial charge in [-0.05, 0) is 24.6 Å². The van der Waals surface area contributed by atoms with Crippen molar-refractivity contribution in [3.8, 4) is 0 Å². The third-order valence-electron chi connectivity index (χ3n) is 4.53. The fourth-order valence-electron chi connectivity index (χ4n) is 3.10. The maximum absolute atomic E-state index is 10.3. The number of aromatic nitrogens is 2. The highest BCUT2D eigenvalue weighted by atomic mass is 35.5. The smallest absolute Gasteiger partial charge is 0.0949 e. The number of nitrogens with zero attached hydrogens (tertiary/aromatic N) is 3. The molecule has 1 N–H and O–H groups in total. The number of rotatable bonds is 6. The Bertz CT molecular complexity index is 671. The van der Waals surface area contributed by atoms with Gasteiger partial charge in [-0.1, -0.05) is 23.7 Å². The van der Waals surface area contributed by atoms with E-state index in [4.69, 9.17) is 16.3 Å². The molecule has 3 rings (SSSR count). The lowest BCUT2D eigenvalue weighted by atomic mass is 10.1. The van der Waals surface area contributed by atoms with E-state index < -0.39 is 6.10 Å². The van der Waals surface area contributed by atoms with Crippen LogP contribution in [0.1, 0.15) is 30.0 Å². The summed E-state index contributed by atoms with van der Waals surface area (Å²) in [6.07, 6.45) is 2.26. The van der Waals surface area contributed by atoms with Crippen LogP contribution in [0.15, 0.2) is 30.6 Å². The average molecular weight is 350 g/mol. The normalized spacial score (nSPS) is 17.5. The summed E-state index contributed by atoms with van der Waals surface area (Å²) >= 11 is 5.90. The lowest BCUT2D eigenvalue weighted by Gasteiger charge is -2.28. The Labute approximate surface area is 147 Å². The predicted molar refractivity (Wildman–Crippen MR) is 94.0 cm³/mol. The molecule has 2 atom stereocenters. The first-order valence-electron chi connectivity index (χ1n) is 8.29. The van der Waals surface area contributed by atoms with Crippen LogP contribution in [-0.2, 0) is 24.8 Å². The minimum absolute atomic E-state index is 0.0688. The van der Waals surface area contributed by atoms with Crippen LogP contribution in [0.4, 0.5) is 0 Å². The van der Waals surface area contributed by atoms with Gasteiger partial charge in [-0.3, -0.25) is 4.90 Å². The first-order valence-corrected chi connectivity index (χ1v) is 8.67. The Balaban J connectivity index is 1.46. The van der Waals surface area contributed by atoms with Gasteiger partial charge in [0.2, 0.25) is 0 Å². The molecule has 0 unspecified atom stereocenters. The van der Waals surface area contributed by atoms with Crippen LogP contribution >= 0.6 is 11.6 Å². The molecule has 0 spiro atoms. The molecule has 2 aromatic rings. The lowest BCUT2D eigenvalue weighted by Crippen LogP contribution is -2.38. The molecule has 0 bridgehead atoms. The van der Waals surface area contributed by atoms with Crippen molar-refractivity contribution in [2.24, 2.45) is 7.05 Å². The molecule has 0 radical (unpaired) electrons. The highest BCUT2D eigenvalue weighted by molar-refractivity contribution is 6.30. The fourth-order valence-corrected chi connectivity index (χ4v) is 3.23. The fraction of sp³-hybridized carbons (Fsp3) is 0.500. The second-order valence-corrected chi connectivity index (χ2v) is 6.85. The maximum atomic E-state index is 10.3. The highest BCUT2D eigenvalue weighted by Gasteiger charge is 2.22. The summed E-state index contributed by atoms with van der Waals surface area (Å²) in [4.78, 5) is 6.66. The zero-order chi connectivity index (χ0) is 17.1. The zero-order valence-electron chi connectivity index (χ0n) is 14.2. The highest BCUT2D eigenvalue weighted by Crippen LogP contribution is 2.20. The van der Waals surface area contributed by atoms with Crippen molar-refractivity contribution in [3.05, 3.63) is 52.6 Å². The summed E-state index contributed by atoms with van der Waals surface area (Å²) in [7, 11) is 2.03. The van der Waals surface area contributed by atoms with Crippen molar-refractivity contribution >= 4 is 11.6 Å². The van der Waals surface area contributed by atoms with Crippen LogP contribution in [0.2, 0.25) is 5.02 Å². The molecule has 1 aromatic carbocycles. The van der Waals surface area contributed by atoms with Gasteiger partial charge in [-0.2, -0.15) is 0 Å². The number of aryl methyl sites for hydroxylation is 1. The molecule has 0 aliphatic carbocycles. The Hall–Kier alpha value is -1.40. The Morgan fingerprint density at radius 2 is 2.08 bits per heavy atom. The lowest BCUT2D eigenvalue weighted by molar-refractivity contribution is -0.0174. The van der Waals surface area contributed by atoms with E-state index in [0.717, 1.165) is 30.8 Å². The molecule has 24 heavy (non-hydrogen) atoms. The van der Waals surface area contributed by atoms with Crippen molar-refractivity contribution < 1.29 is 9.84 Å². The molecular formula is C18H24ClN3O2. The van der Waals surface area contributed by atoms with Gasteiger partial charge >= 0.3 is 0 Å². The summed E-state index contributed by atoms with van der Waals surface area (Å²) in [6.45, 7) is 4.63. The number of imidazole rings is 1. The Morgan fingerprint density at radius 1 is 1.33 bits per heavy atom. The second kappa shape index (κ2) is 7.66. The SMILES string of the molecule is C[C@@H](OC[C@@H](O)CN1CCc2c(ncn2C)C1)c1ccc(Cl)cc1. The van der Waals surface area contributed by atoms with Gasteiger partial charge in [0.15, 0.2) is 0 Å². The van der Waals surface area contributed by atoms with Crippen LogP contribution < -0.4 is 0 Å². The van der Waals surface area contributed by atoms with Gasteiger partial charge in [0.25, 0.3) is 0 Å². The molecule has 0 saturated carbocycles. The van der Waals surface area contributed by atoms with Crippen molar-refractivity contribution in [2.45, 2.75) is 32.1 Å². The van der Waals surface area contributed by atoms with Crippen LogP contribution in [-0.4, -0.2) is 45.4 Å². The van der Waals surface area contributed by atoms with Gasteiger partial charge in [0.1, 0.15) is 0 Å². The molecule has 1 aliphatic rings. The third-order valence-corrected chi connectivity index (χ3v) is 4.78. The summed E-state index contributed by atoms with van der Waals surface area (Å²) < 4.78 is 7.89. The first kappa shape index (κ1) is 17.4. The van der Waals surface area contributed by atoms with Crippen LogP contribution in [0, 0.1) is 0 Å². The molecule has 1 aromatic heterocycles. The third kappa shape index (κ3) is 4.16. The number of aliphatic hydroxyl groups is 1. The topological polar surface area (TPSA) is 50.5 Å². The van der Waals surface area contributed by atoms with Crippen molar-refractivity contribution in [2.75, 3.05) is 19.7 Å². The second-order valence-electron chi connectivity index (χ2n) is 6.41. The molecule has 0 amide bonds. The molecule has 1 aliphatic heterocycles. The summed E-state index contributed by atoms with van der Waals surface area (Å²) in [5.74, 6) is 0. The van der Waals surface area contributed by atoms with Gasteiger partial charge in [-0.15, -0.1) is 0 Å². The number of fused-ring (bicyclic) bond motifs is 1. The van der Waals surface area contributed by atoms with Crippen LogP contribution in [0.25, 0.3) is 0 Å². The molecule has 0 saturated heterocycles. The first-order chi connectivity index (χ1) is 11.5. The van der Waals surface area contributed by atoms with E-state index in [0.29, 0.717) is 18.2 Å². The van der Waals surface area contributed by atoms with Crippen LogP contribution in [0.3, 0.4) is 0 Å². The zero-order valence-corrected chi connectivity index (χ0v) is 14.9. The van der Waals surface area contributed by atoms with E-state index in [1.165, 1.54) is 5.69 Å². The molecule has 2 heterocycles. The largest absolute Gasteiger partial charge is 0.389 e. The van der Waals surface area contributed by atoms with E-state index in [1.807, 2.05) is 44.6 Å². The number of β-amino-alcohol motifs (C(OH)–C–C–N with tert-alkyl or cyclic N) is 1. The predicted octanol–water partition coefficient (Wildman–Crippen LogP) is 2.57. The number of benzene rings is 1. The van der Waals surface area contributed by atoms with Gasteiger partial charge in [0.05, 0.1) is 30.8 Å². The minimum atomic E-state index is -0.509. The Kier molecular flexibility index (Phi) is 5.56. The molecule has 0 fully saturated rings. The molecular weight excluding hydrogens is 326 g/mol. The van der Waals surface area contributed by atoms with E-state index in [2.05, 4.69) is 14.5 Å².